The molecule has 8 aromatic rings. The summed E-state index contributed by atoms with van der Waals surface area (Å²) in [4.78, 5) is 85.6. The molecule has 8 aromatic carbocycles. The fourth-order valence-corrected chi connectivity index (χ4v) is 13.3. The molecule has 0 radical (unpaired) electrons. The first-order chi connectivity index (χ1) is 38.9. The maximum absolute atomic E-state index is 14.7. The van der Waals surface area contributed by atoms with Gasteiger partial charge >= 0.3 is 0 Å². The van der Waals surface area contributed by atoms with E-state index in [-0.39, 0.29) is 61.9 Å². The standard InChI is InChI=1S/C70H62N4O8/c1-10-68(7,8)74-64(81)49-29-20-40(34-51(49)65(74)82)60(77)71-44-25-21-41(22-26-44)69(9)38-67(5,6)55-37-45(27-30-54(55)69)72-61(78)39-19-28-48-50(33-39)63(80)73(62(48)79)57-36-43(24-32-59(57)76)70(42-23-31-58(75)56(35-42)66(2,3)4)52-17-13-11-15-46(52)47-16-12-14-18-53(47)70/h11-37,75-76H,10,38H2,1-9H3,(H,71,77)(H,72,78). The number of hydrogen-bond donors (Lipinski definition) is 4. The summed E-state index contributed by atoms with van der Waals surface area (Å²) in [5.74, 6) is -3.09. The van der Waals surface area contributed by atoms with Crippen molar-refractivity contribution < 1.29 is 39.0 Å². The van der Waals surface area contributed by atoms with Gasteiger partial charge in [0, 0.05) is 33.5 Å². The zero-order chi connectivity index (χ0) is 58.2. The number of benzene rings is 8. The zero-order valence-corrected chi connectivity index (χ0v) is 47.2. The van der Waals surface area contributed by atoms with Crippen LogP contribution in [0.2, 0.25) is 0 Å². The van der Waals surface area contributed by atoms with E-state index in [0.29, 0.717) is 23.4 Å². The molecule has 0 saturated heterocycles. The van der Waals surface area contributed by atoms with Crippen LogP contribution in [0.15, 0.2) is 164 Å². The number of carbonyl (C=O) groups is 6. The first-order valence-electron chi connectivity index (χ1n) is 27.7. The Bertz CT molecular complexity index is 4080. The van der Waals surface area contributed by atoms with Crippen molar-refractivity contribution in [2.45, 2.75) is 102 Å². The maximum Gasteiger partial charge on any atom is 0.266 e. The number of hydrogen-bond acceptors (Lipinski definition) is 8. The number of carbonyl (C=O) groups excluding carboxylic acids is 6. The molecular formula is C70H62N4O8. The number of phenolic OH excluding ortho intramolecular Hbond substituents is 2. The van der Waals surface area contributed by atoms with Crippen LogP contribution in [0.25, 0.3) is 11.1 Å². The molecule has 0 spiro atoms. The summed E-state index contributed by atoms with van der Waals surface area (Å²) in [6, 6.07) is 49.5. The van der Waals surface area contributed by atoms with Gasteiger partial charge in [-0.25, -0.2) is 4.90 Å². The van der Waals surface area contributed by atoms with Crippen molar-refractivity contribution in [3.05, 3.63) is 242 Å². The quantitative estimate of drug-likeness (QED) is 0.0980. The smallest absolute Gasteiger partial charge is 0.266 e. The van der Waals surface area contributed by atoms with Crippen LogP contribution in [0.1, 0.15) is 182 Å². The second-order valence-electron chi connectivity index (χ2n) is 24.7. The molecule has 12 rings (SSSR count). The lowest BCUT2D eigenvalue weighted by Crippen LogP contribution is -2.47. The van der Waals surface area contributed by atoms with E-state index in [1.165, 1.54) is 35.2 Å². The molecule has 1 atom stereocenters. The van der Waals surface area contributed by atoms with Crippen LogP contribution in [0.5, 0.6) is 11.5 Å². The average molecular weight is 1090 g/mol. The molecule has 12 heteroatoms. The van der Waals surface area contributed by atoms with Crippen LogP contribution in [0, 0.1) is 0 Å². The molecule has 2 heterocycles. The maximum atomic E-state index is 14.7. The van der Waals surface area contributed by atoms with E-state index in [1.54, 1.807) is 24.3 Å². The number of phenols is 2. The average Bonchev–Trinajstić information content (AvgIpc) is 2.48. The molecule has 410 valence electrons. The molecule has 0 saturated carbocycles. The Labute approximate surface area is 476 Å². The normalized spacial score (nSPS) is 17.3. The van der Waals surface area contributed by atoms with Gasteiger partial charge in [-0.2, -0.15) is 0 Å². The number of amides is 6. The minimum absolute atomic E-state index is 0.00435. The molecule has 0 bridgehead atoms. The second kappa shape index (κ2) is 18.6. The third-order valence-electron chi connectivity index (χ3n) is 17.8. The lowest BCUT2D eigenvalue weighted by molar-refractivity contribution is 0.0473. The fourth-order valence-electron chi connectivity index (χ4n) is 13.3. The van der Waals surface area contributed by atoms with E-state index in [0.717, 1.165) is 61.4 Å². The van der Waals surface area contributed by atoms with Crippen molar-refractivity contribution in [1.82, 2.24) is 4.90 Å². The summed E-state index contributed by atoms with van der Waals surface area (Å²) in [5.41, 5.74) is 8.74. The Morgan fingerprint density at radius 2 is 1.00 bits per heavy atom. The third kappa shape index (κ3) is 8.01. The van der Waals surface area contributed by atoms with Crippen molar-refractivity contribution in [2.75, 3.05) is 15.5 Å². The summed E-state index contributed by atoms with van der Waals surface area (Å²) in [6.45, 7) is 18.3. The predicted octanol–water partition coefficient (Wildman–Crippen LogP) is 13.8. The first kappa shape index (κ1) is 53.2. The van der Waals surface area contributed by atoms with Gasteiger partial charge in [-0.05, 0) is 172 Å². The summed E-state index contributed by atoms with van der Waals surface area (Å²) in [6.07, 6.45) is 1.33. The molecular weight excluding hydrogens is 1020 g/mol. The minimum Gasteiger partial charge on any atom is -0.508 e. The second-order valence-corrected chi connectivity index (χ2v) is 24.7. The predicted molar refractivity (Wildman–Crippen MR) is 318 cm³/mol. The molecule has 4 N–H and O–H groups in total. The van der Waals surface area contributed by atoms with Crippen molar-refractivity contribution in [2.24, 2.45) is 0 Å². The number of imide groups is 2. The van der Waals surface area contributed by atoms with Gasteiger partial charge in [-0.1, -0.05) is 133 Å². The van der Waals surface area contributed by atoms with Gasteiger partial charge in [0.05, 0.1) is 33.4 Å². The van der Waals surface area contributed by atoms with Crippen molar-refractivity contribution in [3.8, 4) is 22.6 Å². The summed E-state index contributed by atoms with van der Waals surface area (Å²) in [7, 11) is 0. The van der Waals surface area contributed by atoms with Crippen LogP contribution < -0.4 is 15.5 Å². The highest BCUT2D eigenvalue weighted by molar-refractivity contribution is 6.35. The molecule has 12 nitrogen and oxygen atoms in total. The Balaban J connectivity index is 0.791. The van der Waals surface area contributed by atoms with Gasteiger partial charge in [0.1, 0.15) is 11.5 Å². The SMILES string of the molecule is CCC(C)(C)N1C(=O)c2ccc(C(=O)Nc3ccc(C4(C)CC(C)(C)c5cc(NC(=O)c6ccc7c(c6)C(=O)N(c6cc(C8(c9ccc(O)c(C(C)(C)C)c9)c9ccccc9-c9ccccc98)ccc6O)C7=O)ccc54)cc3)cc2C1=O. The lowest BCUT2D eigenvalue weighted by atomic mass is 9.66. The van der Waals surface area contributed by atoms with Crippen molar-refractivity contribution >= 4 is 52.5 Å². The number of rotatable bonds is 10. The monoisotopic (exact) mass is 1090 g/mol. The van der Waals surface area contributed by atoms with Crippen LogP contribution >= 0.6 is 0 Å². The van der Waals surface area contributed by atoms with E-state index in [2.05, 4.69) is 55.7 Å². The van der Waals surface area contributed by atoms with Crippen LogP contribution in [0.3, 0.4) is 0 Å². The largest absolute Gasteiger partial charge is 0.508 e. The third-order valence-corrected chi connectivity index (χ3v) is 17.8. The highest BCUT2D eigenvalue weighted by Gasteiger charge is 2.49. The molecule has 6 amide bonds. The Morgan fingerprint density at radius 1 is 0.500 bits per heavy atom. The Hall–Kier alpha value is -9.42. The molecule has 2 aliphatic heterocycles. The fraction of sp³-hybridized carbons (Fsp3) is 0.229. The highest BCUT2D eigenvalue weighted by atomic mass is 16.3. The molecule has 0 aromatic heterocycles. The highest BCUT2D eigenvalue weighted by Crippen LogP contribution is 2.58. The van der Waals surface area contributed by atoms with Gasteiger partial charge in [0.25, 0.3) is 35.4 Å². The molecule has 4 aliphatic rings. The number of fused-ring (bicyclic) bond motifs is 6. The van der Waals surface area contributed by atoms with Crippen molar-refractivity contribution in [3.63, 3.8) is 0 Å². The van der Waals surface area contributed by atoms with E-state index >= 15 is 0 Å². The summed E-state index contributed by atoms with van der Waals surface area (Å²) in [5, 5.41) is 28.8. The first-order valence-corrected chi connectivity index (χ1v) is 27.7. The van der Waals surface area contributed by atoms with Crippen LogP contribution in [-0.2, 0) is 21.7 Å². The van der Waals surface area contributed by atoms with Gasteiger partial charge in [0.2, 0.25) is 0 Å². The summed E-state index contributed by atoms with van der Waals surface area (Å²) < 4.78 is 0. The molecule has 0 fully saturated rings. The number of nitrogens with one attached hydrogen (secondary N) is 2. The Kier molecular flexibility index (Phi) is 12.1. The van der Waals surface area contributed by atoms with E-state index in [9.17, 15) is 39.0 Å². The number of aromatic hydroxyl groups is 2. The van der Waals surface area contributed by atoms with Crippen molar-refractivity contribution in [1.29, 1.82) is 0 Å². The minimum atomic E-state index is -0.998. The van der Waals surface area contributed by atoms with Gasteiger partial charge in [-0.3, -0.25) is 33.7 Å². The van der Waals surface area contributed by atoms with E-state index in [1.807, 2.05) is 126 Å². The Morgan fingerprint density at radius 3 is 1.60 bits per heavy atom. The number of nitrogens with zero attached hydrogens (tertiary/aromatic N) is 2. The number of anilines is 3. The van der Waals surface area contributed by atoms with Gasteiger partial charge < -0.3 is 20.8 Å². The van der Waals surface area contributed by atoms with E-state index < -0.39 is 51.3 Å². The zero-order valence-electron chi connectivity index (χ0n) is 47.2. The van der Waals surface area contributed by atoms with Gasteiger partial charge in [0.15, 0.2) is 0 Å². The summed E-state index contributed by atoms with van der Waals surface area (Å²) >= 11 is 0. The molecule has 82 heavy (non-hydrogen) atoms. The van der Waals surface area contributed by atoms with Crippen LogP contribution in [-0.4, -0.2) is 56.1 Å². The molecule has 2 aliphatic carbocycles. The van der Waals surface area contributed by atoms with Gasteiger partial charge in [-0.15, -0.1) is 0 Å². The van der Waals surface area contributed by atoms with E-state index in [4.69, 9.17) is 0 Å². The lowest BCUT2D eigenvalue weighted by Gasteiger charge is -2.35. The van der Waals surface area contributed by atoms with Crippen LogP contribution in [0.4, 0.5) is 17.1 Å². The molecule has 1 unspecified atom stereocenters. The topological polar surface area (TPSA) is 173 Å².